The Labute approximate surface area is 127 Å². The molecule has 2 heteroatoms. The van der Waals surface area contributed by atoms with Gasteiger partial charge in [0.2, 0.25) is 0 Å². The predicted molar refractivity (Wildman–Crippen MR) is 89.8 cm³/mol. The summed E-state index contributed by atoms with van der Waals surface area (Å²) in [5, 5.41) is 0. The minimum Gasteiger partial charge on any atom is -0.329 e. The van der Waals surface area contributed by atoms with Crippen molar-refractivity contribution in [3.05, 3.63) is 0 Å². The van der Waals surface area contributed by atoms with E-state index >= 15 is 0 Å². The molecule has 1 aliphatic rings. The van der Waals surface area contributed by atoms with Gasteiger partial charge in [0.25, 0.3) is 0 Å². The predicted octanol–water partition coefficient (Wildman–Crippen LogP) is 4.14. The van der Waals surface area contributed by atoms with Gasteiger partial charge < -0.3 is 5.73 Å². The topological polar surface area (TPSA) is 29.3 Å². The van der Waals surface area contributed by atoms with E-state index < -0.39 is 0 Å². The number of hydrogen-bond donors (Lipinski definition) is 1. The molecule has 0 aromatic rings. The molecule has 0 aliphatic heterocycles. The van der Waals surface area contributed by atoms with Crippen LogP contribution >= 0.6 is 0 Å². The molecule has 1 saturated carbocycles. The molecular formula is C18H38N2. The monoisotopic (exact) mass is 282 g/mol. The second kappa shape index (κ2) is 7.79. The van der Waals surface area contributed by atoms with Crippen LogP contribution in [0.5, 0.6) is 0 Å². The highest BCUT2D eigenvalue weighted by Gasteiger charge is 2.45. The molecule has 20 heavy (non-hydrogen) atoms. The third-order valence-corrected chi connectivity index (χ3v) is 5.02. The lowest BCUT2D eigenvalue weighted by atomic mass is 9.66. The van der Waals surface area contributed by atoms with E-state index in [4.69, 9.17) is 5.73 Å². The highest BCUT2D eigenvalue weighted by molar-refractivity contribution is 5.01. The summed E-state index contributed by atoms with van der Waals surface area (Å²) < 4.78 is 0. The quantitative estimate of drug-likeness (QED) is 0.760. The van der Waals surface area contributed by atoms with Crippen LogP contribution in [0.2, 0.25) is 0 Å². The zero-order valence-corrected chi connectivity index (χ0v) is 14.8. The lowest BCUT2D eigenvalue weighted by Gasteiger charge is -2.54. The molecule has 2 atom stereocenters. The van der Waals surface area contributed by atoms with Crippen LogP contribution in [0.1, 0.15) is 67.2 Å². The molecular weight excluding hydrogens is 244 g/mol. The van der Waals surface area contributed by atoms with E-state index in [0.29, 0.717) is 11.8 Å². The highest BCUT2D eigenvalue weighted by Crippen LogP contribution is 2.42. The summed E-state index contributed by atoms with van der Waals surface area (Å²) in [7, 11) is 0. The van der Waals surface area contributed by atoms with Crippen LogP contribution in [-0.2, 0) is 0 Å². The molecule has 1 rings (SSSR count). The summed E-state index contributed by atoms with van der Waals surface area (Å²) in [5.74, 6) is 2.93. The fraction of sp³-hybridized carbons (Fsp3) is 1.00. The Morgan fingerprint density at radius 1 is 1.00 bits per heavy atom. The Hall–Kier alpha value is -0.0800. The Bertz CT molecular complexity index is 263. The van der Waals surface area contributed by atoms with Crippen molar-refractivity contribution in [2.24, 2.45) is 29.4 Å². The van der Waals surface area contributed by atoms with Gasteiger partial charge in [0, 0.05) is 25.2 Å². The fourth-order valence-corrected chi connectivity index (χ4v) is 4.30. The summed E-state index contributed by atoms with van der Waals surface area (Å²) in [6.07, 6.45) is 5.41. The number of hydrogen-bond acceptors (Lipinski definition) is 2. The Morgan fingerprint density at radius 3 is 1.95 bits per heavy atom. The van der Waals surface area contributed by atoms with Gasteiger partial charge in [-0.15, -0.1) is 0 Å². The zero-order chi connectivity index (χ0) is 15.3. The van der Waals surface area contributed by atoms with Crippen LogP contribution in [0.15, 0.2) is 0 Å². The first-order valence-electron chi connectivity index (χ1n) is 8.78. The molecule has 0 heterocycles. The van der Waals surface area contributed by atoms with Crippen molar-refractivity contribution in [1.82, 2.24) is 4.90 Å². The molecule has 0 saturated heterocycles. The average molecular weight is 283 g/mol. The van der Waals surface area contributed by atoms with Gasteiger partial charge in [0.05, 0.1) is 0 Å². The molecule has 1 fully saturated rings. The van der Waals surface area contributed by atoms with Crippen molar-refractivity contribution in [2.45, 2.75) is 72.8 Å². The minimum atomic E-state index is 0.251. The smallest absolute Gasteiger partial charge is 0.0362 e. The Kier molecular flexibility index (Phi) is 7.00. The lowest BCUT2D eigenvalue weighted by molar-refractivity contribution is -0.0269. The van der Waals surface area contributed by atoms with E-state index in [2.05, 4.69) is 46.4 Å². The molecule has 120 valence electrons. The van der Waals surface area contributed by atoms with E-state index in [-0.39, 0.29) is 5.54 Å². The van der Waals surface area contributed by atoms with Crippen LogP contribution in [0.25, 0.3) is 0 Å². The second-order valence-electron chi connectivity index (χ2n) is 8.10. The zero-order valence-electron chi connectivity index (χ0n) is 14.8. The first kappa shape index (κ1) is 18.0. The van der Waals surface area contributed by atoms with Gasteiger partial charge in [0.15, 0.2) is 0 Å². The molecule has 0 aromatic heterocycles. The molecule has 2 nitrogen and oxygen atoms in total. The fourth-order valence-electron chi connectivity index (χ4n) is 4.30. The van der Waals surface area contributed by atoms with Crippen LogP contribution in [0.4, 0.5) is 0 Å². The second-order valence-corrected chi connectivity index (χ2v) is 8.10. The number of nitrogens with two attached hydrogens (primary N) is 1. The van der Waals surface area contributed by atoms with Crippen molar-refractivity contribution in [1.29, 1.82) is 0 Å². The number of rotatable bonds is 7. The van der Waals surface area contributed by atoms with Crippen molar-refractivity contribution >= 4 is 0 Å². The van der Waals surface area contributed by atoms with Crippen LogP contribution < -0.4 is 5.73 Å². The Balaban J connectivity index is 3.05. The van der Waals surface area contributed by atoms with Crippen LogP contribution in [0, 0.1) is 23.7 Å². The average Bonchev–Trinajstić information content (AvgIpc) is 2.36. The highest BCUT2D eigenvalue weighted by atomic mass is 15.2. The summed E-state index contributed by atoms with van der Waals surface area (Å²) in [4.78, 5) is 2.77. The Morgan fingerprint density at radius 2 is 1.55 bits per heavy atom. The lowest BCUT2D eigenvalue weighted by Crippen LogP contribution is -2.62. The van der Waals surface area contributed by atoms with Crippen molar-refractivity contribution in [3.8, 4) is 0 Å². The normalized spacial score (nSPS) is 28.1. The van der Waals surface area contributed by atoms with Crippen molar-refractivity contribution < 1.29 is 0 Å². The molecule has 0 bridgehead atoms. The van der Waals surface area contributed by atoms with Gasteiger partial charge in [0.1, 0.15) is 0 Å². The minimum absolute atomic E-state index is 0.251. The molecule has 0 aromatic carbocycles. The molecule has 1 aliphatic carbocycles. The third kappa shape index (κ3) is 4.21. The van der Waals surface area contributed by atoms with Crippen LogP contribution in [-0.4, -0.2) is 30.1 Å². The van der Waals surface area contributed by atoms with Gasteiger partial charge in [-0.05, 0) is 36.5 Å². The van der Waals surface area contributed by atoms with Gasteiger partial charge in [-0.3, -0.25) is 4.90 Å². The van der Waals surface area contributed by atoms with Gasteiger partial charge >= 0.3 is 0 Å². The van der Waals surface area contributed by atoms with Gasteiger partial charge in [-0.1, -0.05) is 54.4 Å². The van der Waals surface area contributed by atoms with Gasteiger partial charge in [-0.2, -0.15) is 0 Å². The first-order chi connectivity index (χ1) is 9.33. The first-order valence-corrected chi connectivity index (χ1v) is 8.78. The van der Waals surface area contributed by atoms with E-state index in [1.165, 1.54) is 38.8 Å². The van der Waals surface area contributed by atoms with Crippen LogP contribution in [0.3, 0.4) is 0 Å². The maximum atomic E-state index is 6.38. The van der Waals surface area contributed by atoms with Gasteiger partial charge in [-0.25, -0.2) is 0 Å². The van der Waals surface area contributed by atoms with Crippen molar-refractivity contribution in [3.63, 3.8) is 0 Å². The van der Waals surface area contributed by atoms with E-state index in [9.17, 15) is 0 Å². The molecule has 0 spiro atoms. The number of nitrogens with zero attached hydrogens (tertiary/aromatic N) is 1. The van der Waals surface area contributed by atoms with E-state index in [1.54, 1.807) is 0 Å². The maximum Gasteiger partial charge on any atom is 0.0362 e. The molecule has 2 N–H and O–H groups in total. The molecule has 0 radical (unpaired) electrons. The molecule has 2 unspecified atom stereocenters. The van der Waals surface area contributed by atoms with Crippen molar-refractivity contribution in [2.75, 3.05) is 19.6 Å². The summed E-state index contributed by atoms with van der Waals surface area (Å²) in [5.41, 5.74) is 6.63. The maximum absolute atomic E-state index is 6.38. The van der Waals surface area contributed by atoms with E-state index in [0.717, 1.165) is 18.4 Å². The third-order valence-electron chi connectivity index (χ3n) is 5.02. The SMILES string of the molecule is CC(C)CN(CC(C)C)C1(CN)CCCCC1C(C)C. The summed E-state index contributed by atoms with van der Waals surface area (Å²) in [6, 6.07) is 0. The standard InChI is InChI=1S/C18H38N2/c1-14(2)11-20(12-15(3)4)18(13-19)10-8-7-9-17(18)16(5)6/h14-17H,7-13,19H2,1-6H3. The summed E-state index contributed by atoms with van der Waals surface area (Å²) in [6.45, 7) is 17.4. The summed E-state index contributed by atoms with van der Waals surface area (Å²) >= 11 is 0. The largest absolute Gasteiger partial charge is 0.329 e. The molecule has 0 amide bonds. The van der Waals surface area contributed by atoms with E-state index in [1.807, 2.05) is 0 Å².